The topological polar surface area (TPSA) is 69.4 Å². The predicted octanol–water partition coefficient (Wildman–Crippen LogP) is 0.856. The van der Waals surface area contributed by atoms with E-state index in [1.807, 2.05) is 0 Å². The standard InChI is InChI=1S/C10H10FNO3/c1-6(9(12)13)15-10(14)7-4-2-3-5-8(7)11/h2-6H,1H3,(H2,12,13). The van der Waals surface area contributed by atoms with Crippen LogP contribution in [0.1, 0.15) is 17.3 Å². The first-order chi connectivity index (χ1) is 7.02. The van der Waals surface area contributed by atoms with Crippen LogP contribution in [0.25, 0.3) is 0 Å². The fourth-order valence-corrected chi connectivity index (χ4v) is 0.909. The van der Waals surface area contributed by atoms with Gasteiger partial charge in [0.15, 0.2) is 6.10 Å². The maximum absolute atomic E-state index is 13.1. The van der Waals surface area contributed by atoms with Crippen LogP contribution in [-0.4, -0.2) is 18.0 Å². The predicted molar refractivity (Wildman–Crippen MR) is 50.5 cm³/mol. The molecule has 1 rings (SSSR count). The van der Waals surface area contributed by atoms with E-state index in [0.29, 0.717) is 0 Å². The van der Waals surface area contributed by atoms with Crippen molar-refractivity contribution in [2.75, 3.05) is 0 Å². The molecule has 1 amide bonds. The number of halogens is 1. The summed E-state index contributed by atoms with van der Waals surface area (Å²) < 4.78 is 17.7. The molecule has 2 N–H and O–H groups in total. The minimum atomic E-state index is -1.07. The van der Waals surface area contributed by atoms with Crippen LogP contribution in [0.3, 0.4) is 0 Å². The van der Waals surface area contributed by atoms with Gasteiger partial charge in [0, 0.05) is 0 Å². The summed E-state index contributed by atoms with van der Waals surface area (Å²) in [5, 5.41) is 0. The third kappa shape index (κ3) is 2.77. The number of ether oxygens (including phenoxy) is 1. The highest BCUT2D eigenvalue weighted by atomic mass is 19.1. The summed E-state index contributed by atoms with van der Waals surface area (Å²) in [4.78, 5) is 21.9. The second-order valence-corrected chi connectivity index (χ2v) is 2.93. The van der Waals surface area contributed by atoms with Gasteiger partial charge in [0.05, 0.1) is 5.56 Å². The zero-order valence-electron chi connectivity index (χ0n) is 8.07. The van der Waals surface area contributed by atoms with E-state index in [1.165, 1.54) is 25.1 Å². The molecule has 1 atom stereocenters. The Hall–Kier alpha value is -1.91. The lowest BCUT2D eigenvalue weighted by Crippen LogP contribution is -2.30. The summed E-state index contributed by atoms with van der Waals surface area (Å²) in [6.07, 6.45) is -1.07. The maximum Gasteiger partial charge on any atom is 0.341 e. The highest BCUT2D eigenvalue weighted by Crippen LogP contribution is 2.09. The van der Waals surface area contributed by atoms with E-state index in [9.17, 15) is 14.0 Å². The zero-order valence-corrected chi connectivity index (χ0v) is 8.07. The van der Waals surface area contributed by atoms with Crippen molar-refractivity contribution in [3.05, 3.63) is 35.6 Å². The molecule has 0 bridgehead atoms. The van der Waals surface area contributed by atoms with E-state index in [2.05, 4.69) is 4.74 Å². The van der Waals surface area contributed by atoms with Crippen LogP contribution in [0.15, 0.2) is 24.3 Å². The molecule has 0 spiro atoms. The molecule has 0 saturated heterocycles. The number of hydrogen-bond donors (Lipinski definition) is 1. The number of primary amides is 1. The molecule has 15 heavy (non-hydrogen) atoms. The van der Waals surface area contributed by atoms with E-state index < -0.39 is 23.8 Å². The fourth-order valence-electron chi connectivity index (χ4n) is 0.909. The highest BCUT2D eigenvalue weighted by Gasteiger charge is 2.18. The monoisotopic (exact) mass is 211 g/mol. The van der Waals surface area contributed by atoms with Crippen LogP contribution >= 0.6 is 0 Å². The van der Waals surface area contributed by atoms with Crippen molar-refractivity contribution in [1.29, 1.82) is 0 Å². The lowest BCUT2D eigenvalue weighted by Gasteiger charge is -2.09. The second kappa shape index (κ2) is 4.54. The fraction of sp³-hybridized carbons (Fsp3) is 0.200. The number of carbonyl (C=O) groups is 2. The largest absolute Gasteiger partial charge is 0.449 e. The number of carbonyl (C=O) groups excluding carboxylic acids is 2. The third-order valence-corrected chi connectivity index (χ3v) is 1.78. The maximum atomic E-state index is 13.1. The van der Waals surface area contributed by atoms with E-state index in [4.69, 9.17) is 5.73 Å². The molecule has 0 saturated carbocycles. The molecule has 0 fully saturated rings. The molecule has 1 aromatic carbocycles. The molecular weight excluding hydrogens is 201 g/mol. The molecule has 1 unspecified atom stereocenters. The van der Waals surface area contributed by atoms with Gasteiger partial charge < -0.3 is 10.5 Å². The Morgan fingerprint density at radius 2 is 2.00 bits per heavy atom. The minimum Gasteiger partial charge on any atom is -0.449 e. The Labute approximate surface area is 85.8 Å². The van der Waals surface area contributed by atoms with Crippen LogP contribution in [0.2, 0.25) is 0 Å². The number of hydrogen-bond acceptors (Lipinski definition) is 3. The number of benzene rings is 1. The molecular formula is C10H10FNO3. The van der Waals surface area contributed by atoms with Crippen molar-refractivity contribution in [2.24, 2.45) is 5.73 Å². The van der Waals surface area contributed by atoms with Gasteiger partial charge in [-0.05, 0) is 19.1 Å². The van der Waals surface area contributed by atoms with Crippen molar-refractivity contribution in [1.82, 2.24) is 0 Å². The van der Waals surface area contributed by atoms with Gasteiger partial charge in [-0.2, -0.15) is 0 Å². The van der Waals surface area contributed by atoms with Crippen molar-refractivity contribution in [3.63, 3.8) is 0 Å². The Morgan fingerprint density at radius 3 is 2.53 bits per heavy atom. The Bertz CT molecular complexity index is 392. The van der Waals surface area contributed by atoms with Gasteiger partial charge in [0.1, 0.15) is 5.82 Å². The van der Waals surface area contributed by atoms with Gasteiger partial charge in [-0.1, -0.05) is 12.1 Å². The SMILES string of the molecule is CC(OC(=O)c1ccccc1F)C(N)=O. The van der Waals surface area contributed by atoms with Crippen LogP contribution in [0.5, 0.6) is 0 Å². The highest BCUT2D eigenvalue weighted by molar-refractivity contribution is 5.92. The molecule has 0 heterocycles. The van der Waals surface area contributed by atoms with Crippen molar-refractivity contribution >= 4 is 11.9 Å². The summed E-state index contributed by atoms with van der Waals surface area (Å²) in [7, 11) is 0. The molecule has 0 aliphatic rings. The van der Waals surface area contributed by atoms with Crippen LogP contribution in [0, 0.1) is 5.82 Å². The summed E-state index contributed by atoms with van der Waals surface area (Å²) in [5.41, 5.74) is 4.67. The number of nitrogens with two attached hydrogens (primary N) is 1. The lowest BCUT2D eigenvalue weighted by atomic mass is 10.2. The van der Waals surface area contributed by atoms with Gasteiger partial charge in [0.25, 0.3) is 5.91 Å². The van der Waals surface area contributed by atoms with E-state index >= 15 is 0 Å². The normalized spacial score (nSPS) is 11.9. The van der Waals surface area contributed by atoms with E-state index in [0.717, 1.165) is 6.07 Å². The zero-order chi connectivity index (χ0) is 11.4. The summed E-state index contributed by atoms with van der Waals surface area (Å²) in [6, 6.07) is 5.34. The van der Waals surface area contributed by atoms with Crippen molar-refractivity contribution < 1.29 is 18.7 Å². The van der Waals surface area contributed by atoms with Crippen molar-refractivity contribution in [3.8, 4) is 0 Å². The summed E-state index contributed by atoms with van der Waals surface area (Å²) in [5.74, 6) is -2.38. The number of amides is 1. The lowest BCUT2D eigenvalue weighted by molar-refractivity contribution is -0.125. The molecule has 0 aliphatic carbocycles. The molecule has 0 radical (unpaired) electrons. The molecule has 5 heteroatoms. The number of esters is 1. The van der Waals surface area contributed by atoms with Crippen molar-refractivity contribution in [2.45, 2.75) is 13.0 Å². The first-order valence-electron chi connectivity index (χ1n) is 4.27. The third-order valence-electron chi connectivity index (χ3n) is 1.78. The van der Waals surface area contributed by atoms with Gasteiger partial charge in [-0.3, -0.25) is 4.79 Å². The summed E-state index contributed by atoms with van der Waals surface area (Å²) in [6.45, 7) is 1.32. The average molecular weight is 211 g/mol. The van der Waals surface area contributed by atoms with E-state index in [1.54, 1.807) is 0 Å². The van der Waals surface area contributed by atoms with Gasteiger partial charge in [0.2, 0.25) is 0 Å². The Balaban J connectivity index is 2.78. The van der Waals surface area contributed by atoms with Gasteiger partial charge in [-0.15, -0.1) is 0 Å². The van der Waals surface area contributed by atoms with Gasteiger partial charge >= 0.3 is 5.97 Å². The minimum absolute atomic E-state index is 0.217. The van der Waals surface area contributed by atoms with Crippen LogP contribution < -0.4 is 5.73 Å². The number of rotatable bonds is 3. The molecule has 0 aromatic heterocycles. The second-order valence-electron chi connectivity index (χ2n) is 2.93. The van der Waals surface area contributed by atoms with Crippen LogP contribution in [0.4, 0.5) is 4.39 Å². The Morgan fingerprint density at radius 1 is 1.40 bits per heavy atom. The molecule has 80 valence electrons. The van der Waals surface area contributed by atoms with E-state index in [-0.39, 0.29) is 5.56 Å². The molecule has 0 aliphatic heterocycles. The summed E-state index contributed by atoms with van der Waals surface area (Å²) >= 11 is 0. The Kier molecular flexibility index (Phi) is 3.38. The molecule has 1 aromatic rings. The smallest absolute Gasteiger partial charge is 0.341 e. The average Bonchev–Trinajstić information content (AvgIpc) is 2.18. The first-order valence-corrected chi connectivity index (χ1v) is 4.27. The van der Waals surface area contributed by atoms with Gasteiger partial charge in [-0.25, -0.2) is 9.18 Å². The quantitative estimate of drug-likeness (QED) is 0.754. The first kappa shape index (κ1) is 11.2. The van der Waals surface area contributed by atoms with Crippen LogP contribution in [-0.2, 0) is 9.53 Å². The molecule has 4 nitrogen and oxygen atoms in total.